The summed E-state index contributed by atoms with van der Waals surface area (Å²) in [6, 6.07) is 13.0. The smallest absolute Gasteiger partial charge is 0.488 e. The lowest BCUT2D eigenvalue weighted by molar-refractivity contribution is -0.123. The molecule has 8 nitrogen and oxygen atoms in total. The van der Waals surface area contributed by atoms with Gasteiger partial charge in [0.05, 0.1) is 30.2 Å². The number of imide groups is 1. The molecule has 1 aliphatic carbocycles. The molecule has 40 heavy (non-hydrogen) atoms. The van der Waals surface area contributed by atoms with Crippen LogP contribution in [-0.2, 0) is 9.59 Å². The maximum absolute atomic E-state index is 13.7. The Balaban J connectivity index is 1.61. The van der Waals surface area contributed by atoms with Crippen LogP contribution in [0.5, 0.6) is 5.75 Å². The van der Waals surface area contributed by atoms with E-state index in [1.807, 2.05) is 26.0 Å². The first-order valence-corrected chi connectivity index (χ1v) is 14.0. The molecule has 0 radical (unpaired) electrons. The number of carbonyl (C=O) groups is 2. The normalized spacial score (nSPS) is 22.1. The highest BCUT2D eigenvalue weighted by atomic mass is 16.4. The lowest BCUT2D eigenvalue weighted by Gasteiger charge is -2.36. The SMILES string of the molecule is CCCC1=C([C@H](O)CC/C(=C/c2cccc(O)c2)CC)[C@H](CO)[C@@H]2C(=O)N(c3cccc(B(O)O)c3)C(=O)[C@@H]2C1. The van der Waals surface area contributed by atoms with Gasteiger partial charge in [-0.25, -0.2) is 0 Å². The fourth-order valence-electron chi connectivity index (χ4n) is 6.26. The molecular formula is C31H38BNO7. The molecule has 1 fully saturated rings. The second kappa shape index (κ2) is 13.0. The molecule has 0 unspecified atom stereocenters. The molecule has 5 N–H and O–H groups in total. The molecule has 1 aliphatic heterocycles. The highest BCUT2D eigenvalue weighted by Crippen LogP contribution is 2.48. The predicted octanol–water partition coefficient (Wildman–Crippen LogP) is 2.92. The van der Waals surface area contributed by atoms with Crippen LogP contribution in [0.2, 0.25) is 0 Å². The van der Waals surface area contributed by atoms with E-state index in [4.69, 9.17) is 0 Å². The molecule has 2 aromatic rings. The summed E-state index contributed by atoms with van der Waals surface area (Å²) in [4.78, 5) is 28.4. The summed E-state index contributed by atoms with van der Waals surface area (Å²) < 4.78 is 0. The van der Waals surface area contributed by atoms with Gasteiger partial charge in [-0.3, -0.25) is 14.5 Å². The topological polar surface area (TPSA) is 139 Å². The lowest BCUT2D eigenvalue weighted by Crippen LogP contribution is -2.39. The first-order chi connectivity index (χ1) is 19.2. The van der Waals surface area contributed by atoms with Crippen LogP contribution < -0.4 is 10.4 Å². The Kier molecular flexibility index (Phi) is 9.63. The van der Waals surface area contributed by atoms with Gasteiger partial charge in [-0.1, -0.05) is 61.8 Å². The fourth-order valence-corrected chi connectivity index (χ4v) is 6.26. The van der Waals surface area contributed by atoms with Crippen LogP contribution >= 0.6 is 0 Å². The number of rotatable bonds is 11. The van der Waals surface area contributed by atoms with Crippen LogP contribution in [0.25, 0.3) is 6.08 Å². The largest absolute Gasteiger partial charge is 0.508 e. The first-order valence-electron chi connectivity index (χ1n) is 14.0. The standard InChI is InChI=1S/C31H38BNO7/c1-3-7-21-16-25-29(31(38)33(30(25)37)23-10-6-9-22(17-23)32(39)40)26(18-34)28(21)27(36)13-12-19(4-2)14-20-8-5-11-24(35)15-20/h5-6,8-11,14-15,17,25-27,29,34-36,39-40H,3-4,7,12-13,16,18H2,1-2H3/b19-14+/t25-,26+,27-,29-/m1/s1. The van der Waals surface area contributed by atoms with E-state index in [-0.39, 0.29) is 29.4 Å². The summed E-state index contributed by atoms with van der Waals surface area (Å²) in [5.74, 6) is -2.78. The first kappa shape index (κ1) is 29.7. The Hall–Kier alpha value is -3.24. The van der Waals surface area contributed by atoms with Crippen molar-refractivity contribution >= 4 is 36.2 Å². The summed E-state index contributed by atoms with van der Waals surface area (Å²) in [7, 11) is -1.74. The summed E-state index contributed by atoms with van der Waals surface area (Å²) in [5.41, 5.74) is 3.99. The number of allylic oxidation sites excluding steroid dienone is 2. The maximum atomic E-state index is 13.7. The molecule has 0 spiro atoms. The third-order valence-electron chi connectivity index (χ3n) is 8.15. The maximum Gasteiger partial charge on any atom is 0.488 e. The minimum absolute atomic E-state index is 0.165. The number of aromatic hydroxyl groups is 1. The van der Waals surface area contributed by atoms with Gasteiger partial charge in [0, 0.05) is 5.92 Å². The van der Waals surface area contributed by atoms with Crippen molar-refractivity contribution in [1.82, 2.24) is 0 Å². The molecule has 212 valence electrons. The molecule has 2 aliphatic rings. The lowest BCUT2D eigenvalue weighted by atomic mass is 9.67. The van der Waals surface area contributed by atoms with Gasteiger partial charge < -0.3 is 25.4 Å². The Morgan fingerprint density at radius 3 is 2.50 bits per heavy atom. The van der Waals surface area contributed by atoms with Gasteiger partial charge in [-0.15, -0.1) is 0 Å². The quantitative estimate of drug-likeness (QED) is 0.166. The number of anilines is 1. The molecule has 1 saturated heterocycles. The minimum Gasteiger partial charge on any atom is -0.508 e. The Bertz CT molecular complexity index is 1300. The number of benzene rings is 2. The van der Waals surface area contributed by atoms with Gasteiger partial charge in [-0.05, 0) is 73.0 Å². The molecule has 1 heterocycles. The Morgan fingerprint density at radius 2 is 1.85 bits per heavy atom. The van der Waals surface area contributed by atoms with Crippen LogP contribution in [0.1, 0.15) is 57.9 Å². The molecule has 2 amide bonds. The molecule has 0 saturated carbocycles. The molecule has 0 aromatic heterocycles. The minimum atomic E-state index is -1.74. The van der Waals surface area contributed by atoms with Crippen molar-refractivity contribution in [2.45, 2.75) is 58.5 Å². The number of hydrogen-bond donors (Lipinski definition) is 5. The van der Waals surface area contributed by atoms with E-state index >= 15 is 0 Å². The highest BCUT2D eigenvalue weighted by Gasteiger charge is 2.55. The fraction of sp³-hybridized carbons (Fsp3) is 0.419. The van der Waals surface area contributed by atoms with Crippen molar-refractivity contribution < 1.29 is 35.0 Å². The average Bonchev–Trinajstić information content (AvgIpc) is 3.19. The zero-order chi connectivity index (χ0) is 29.0. The number of aliphatic hydroxyl groups is 2. The van der Waals surface area contributed by atoms with E-state index in [1.54, 1.807) is 30.3 Å². The van der Waals surface area contributed by atoms with Crippen LogP contribution in [0.15, 0.2) is 65.3 Å². The molecule has 4 rings (SSSR count). The van der Waals surface area contributed by atoms with E-state index in [0.29, 0.717) is 31.3 Å². The van der Waals surface area contributed by atoms with Crippen molar-refractivity contribution in [3.63, 3.8) is 0 Å². The van der Waals surface area contributed by atoms with Crippen LogP contribution in [0.3, 0.4) is 0 Å². The van der Waals surface area contributed by atoms with Crippen LogP contribution in [0, 0.1) is 17.8 Å². The zero-order valence-corrected chi connectivity index (χ0v) is 23.0. The summed E-state index contributed by atoms with van der Waals surface area (Å²) in [6.45, 7) is 3.68. The van der Waals surface area contributed by atoms with Gasteiger partial charge >= 0.3 is 7.12 Å². The molecular weight excluding hydrogens is 509 g/mol. The molecule has 2 aromatic carbocycles. The Morgan fingerprint density at radius 1 is 1.10 bits per heavy atom. The van der Waals surface area contributed by atoms with Gasteiger partial charge in [0.1, 0.15) is 5.75 Å². The molecule has 0 bridgehead atoms. The van der Waals surface area contributed by atoms with Crippen LogP contribution in [0.4, 0.5) is 5.69 Å². The third kappa shape index (κ3) is 6.08. The van der Waals surface area contributed by atoms with Crippen molar-refractivity contribution in [2.75, 3.05) is 11.5 Å². The second-order valence-electron chi connectivity index (χ2n) is 10.7. The van der Waals surface area contributed by atoms with Crippen LogP contribution in [-0.4, -0.2) is 57.0 Å². The summed E-state index contributed by atoms with van der Waals surface area (Å²) >= 11 is 0. The monoisotopic (exact) mass is 547 g/mol. The number of phenols is 1. The summed E-state index contributed by atoms with van der Waals surface area (Å²) in [5, 5.41) is 51.0. The van der Waals surface area contributed by atoms with Gasteiger partial charge in [0.2, 0.25) is 11.8 Å². The molecule has 9 heteroatoms. The van der Waals surface area contributed by atoms with E-state index in [2.05, 4.69) is 0 Å². The van der Waals surface area contributed by atoms with Crippen molar-refractivity contribution in [3.8, 4) is 5.75 Å². The number of carbonyl (C=O) groups excluding carboxylic acids is 2. The number of nitrogens with zero attached hydrogens (tertiary/aromatic N) is 1. The average molecular weight is 547 g/mol. The van der Waals surface area contributed by atoms with E-state index < -0.39 is 36.9 Å². The number of fused-ring (bicyclic) bond motifs is 1. The second-order valence-corrected chi connectivity index (χ2v) is 10.7. The van der Waals surface area contributed by atoms with Gasteiger partial charge in [0.15, 0.2) is 0 Å². The number of aliphatic hydroxyl groups excluding tert-OH is 2. The van der Waals surface area contributed by atoms with Gasteiger partial charge in [-0.2, -0.15) is 0 Å². The number of hydrogen-bond acceptors (Lipinski definition) is 7. The van der Waals surface area contributed by atoms with Crippen molar-refractivity contribution in [1.29, 1.82) is 0 Å². The Labute approximate surface area is 235 Å². The van der Waals surface area contributed by atoms with Crippen molar-refractivity contribution in [3.05, 3.63) is 70.8 Å². The number of amides is 2. The van der Waals surface area contributed by atoms with E-state index in [9.17, 15) is 35.0 Å². The summed E-state index contributed by atoms with van der Waals surface area (Å²) in [6.07, 6.45) is 4.66. The zero-order valence-electron chi connectivity index (χ0n) is 23.0. The molecule has 4 atom stereocenters. The highest BCUT2D eigenvalue weighted by molar-refractivity contribution is 6.58. The van der Waals surface area contributed by atoms with Crippen molar-refractivity contribution in [2.24, 2.45) is 17.8 Å². The van der Waals surface area contributed by atoms with Gasteiger partial charge in [0.25, 0.3) is 0 Å². The third-order valence-corrected chi connectivity index (χ3v) is 8.15. The predicted molar refractivity (Wildman–Crippen MR) is 154 cm³/mol. The number of phenolic OH excluding ortho intramolecular Hbond substituents is 1. The van der Waals surface area contributed by atoms with E-state index in [0.717, 1.165) is 34.5 Å². The van der Waals surface area contributed by atoms with E-state index in [1.165, 1.54) is 12.1 Å².